The highest BCUT2D eigenvalue weighted by molar-refractivity contribution is 6.00. The van der Waals surface area contributed by atoms with Crippen molar-refractivity contribution in [3.05, 3.63) is 77.0 Å². The van der Waals surface area contributed by atoms with Crippen molar-refractivity contribution >= 4 is 11.8 Å². The number of nitrogens with one attached hydrogen (secondary N) is 2. The maximum absolute atomic E-state index is 12.8. The van der Waals surface area contributed by atoms with Crippen molar-refractivity contribution < 1.29 is 9.59 Å². The SMILES string of the molecule is Cc1ccc(Cn2cc(C(=O)NNC(=O)C3CC3)c(-c3ccc(C)cc3)n2)cc1. The lowest BCUT2D eigenvalue weighted by Crippen LogP contribution is -2.42. The third kappa shape index (κ3) is 4.54. The molecular weight excluding hydrogens is 364 g/mol. The van der Waals surface area contributed by atoms with Gasteiger partial charge in [0.15, 0.2) is 0 Å². The molecule has 6 nitrogen and oxygen atoms in total. The van der Waals surface area contributed by atoms with Crippen molar-refractivity contribution in [2.45, 2.75) is 33.2 Å². The van der Waals surface area contributed by atoms with Gasteiger partial charge in [-0.05, 0) is 32.3 Å². The topological polar surface area (TPSA) is 76.0 Å². The van der Waals surface area contributed by atoms with Crippen molar-refractivity contribution in [2.24, 2.45) is 5.92 Å². The maximum atomic E-state index is 12.8. The Hall–Kier alpha value is -3.41. The average molecular weight is 388 g/mol. The fourth-order valence-electron chi connectivity index (χ4n) is 3.11. The number of hydrogen-bond donors (Lipinski definition) is 2. The van der Waals surface area contributed by atoms with Crippen LogP contribution in [0.2, 0.25) is 0 Å². The molecule has 6 heteroatoms. The van der Waals surface area contributed by atoms with E-state index in [1.54, 1.807) is 10.9 Å². The standard InChI is InChI=1S/C23H24N4O2/c1-15-3-7-17(8-4-15)13-27-14-20(23(29)25-24-22(28)19-11-12-19)21(26-27)18-9-5-16(2)6-10-18/h3-10,14,19H,11-13H2,1-2H3,(H,24,28)(H,25,29). The highest BCUT2D eigenvalue weighted by Gasteiger charge is 2.30. The Labute approximate surface area is 169 Å². The van der Waals surface area contributed by atoms with E-state index in [1.807, 2.05) is 38.1 Å². The fraction of sp³-hybridized carbons (Fsp3) is 0.261. The van der Waals surface area contributed by atoms with Crippen LogP contribution in [0.3, 0.4) is 0 Å². The Kier molecular flexibility index (Phi) is 5.16. The van der Waals surface area contributed by atoms with Crippen LogP contribution in [-0.2, 0) is 11.3 Å². The molecule has 1 fully saturated rings. The van der Waals surface area contributed by atoms with Crippen LogP contribution in [-0.4, -0.2) is 21.6 Å². The molecule has 0 saturated heterocycles. The Balaban J connectivity index is 1.60. The van der Waals surface area contributed by atoms with E-state index in [4.69, 9.17) is 0 Å². The summed E-state index contributed by atoms with van der Waals surface area (Å²) in [5.74, 6) is -0.483. The number of benzene rings is 2. The van der Waals surface area contributed by atoms with E-state index in [0.717, 1.165) is 29.5 Å². The lowest BCUT2D eigenvalue weighted by atomic mass is 10.1. The normalized spacial score (nSPS) is 13.2. The Bertz CT molecular complexity index is 1030. The molecule has 29 heavy (non-hydrogen) atoms. The van der Waals surface area contributed by atoms with E-state index < -0.39 is 0 Å². The zero-order chi connectivity index (χ0) is 20.4. The number of aromatic nitrogens is 2. The largest absolute Gasteiger partial charge is 0.273 e. The van der Waals surface area contributed by atoms with E-state index in [9.17, 15) is 9.59 Å². The molecule has 2 N–H and O–H groups in total. The second-order valence-corrected chi connectivity index (χ2v) is 7.66. The summed E-state index contributed by atoms with van der Waals surface area (Å²) in [4.78, 5) is 24.6. The second kappa shape index (κ2) is 7.91. The first-order valence-electron chi connectivity index (χ1n) is 9.80. The number of hydrazine groups is 1. The van der Waals surface area contributed by atoms with Gasteiger partial charge in [-0.2, -0.15) is 5.10 Å². The molecule has 148 valence electrons. The van der Waals surface area contributed by atoms with Gasteiger partial charge < -0.3 is 0 Å². The molecule has 0 unspecified atom stereocenters. The molecule has 2 amide bonds. The number of hydrogen-bond acceptors (Lipinski definition) is 3. The summed E-state index contributed by atoms with van der Waals surface area (Å²) >= 11 is 0. The van der Waals surface area contributed by atoms with E-state index in [-0.39, 0.29) is 17.7 Å². The third-order valence-electron chi connectivity index (χ3n) is 5.04. The Morgan fingerprint density at radius 3 is 2.21 bits per heavy atom. The van der Waals surface area contributed by atoms with Gasteiger partial charge >= 0.3 is 0 Å². The first-order chi connectivity index (χ1) is 14.0. The second-order valence-electron chi connectivity index (χ2n) is 7.66. The minimum atomic E-state index is -0.371. The Morgan fingerprint density at radius 1 is 0.966 bits per heavy atom. The van der Waals surface area contributed by atoms with Gasteiger partial charge in [0, 0.05) is 17.7 Å². The number of carbonyl (C=O) groups is 2. The smallest absolute Gasteiger partial charge is 0.273 e. The van der Waals surface area contributed by atoms with Gasteiger partial charge in [0.25, 0.3) is 5.91 Å². The molecule has 1 aliphatic carbocycles. The van der Waals surface area contributed by atoms with Crippen LogP contribution < -0.4 is 10.9 Å². The third-order valence-corrected chi connectivity index (χ3v) is 5.04. The molecule has 0 radical (unpaired) electrons. The van der Waals surface area contributed by atoms with E-state index in [2.05, 4.69) is 40.2 Å². The molecular formula is C23H24N4O2. The summed E-state index contributed by atoms with van der Waals surface area (Å²) in [5, 5.41) is 4.67. The quantitative estimate of drug-likeness (QED) is 0.658. The molecule has 0 atom stereocenters. The van der Waals surface area contributed by atoms with Crippen molar-refractivity contribution in [3.63, 3.8) is 0 Å². The van der Waals surface area contributed by atoms with Crippen LogP contribution in [0.1, 0.15) is 39.9 Å². The molecule has 1 saturated carbocycles. The summed E-state index contributed by atoms with van der Waals surface area (Å²) < 4.78 is 1.76. The minimum absolute atomic E-state index is 0.0242. The first kappa shape index (κ1) is 18.9. The summed E-state index contributed by atoms with van der Waals surface area (Å²) in [6.45, 7) is 4.62. The van der Waals surface area contributed by atoms with Gasteiger partial charge in [-0.1, -0.05) is 59.7 Å². The van der Waals surface area contributed by atoms with Gasteiger partial charge in [0.05, 0.1) is 12.1 Å². The van der Waals surface area contributed by atoms with Gasteiger partial charge in [0.1, 0.15) is 5.69 Å². The number of rotatable bonds is 5. The summed E-state index contributed by atoms with van der Waals surface area (Å²) in [6.07, 6.45) is 3.49. The molecule has 3 aromatic rings. The predicted molar refractivity (Wildman–Crippen MR) is 111 cm³/mol. The first-order valence-corrected chi connectivity index (χ1v) is 9.80. The molecule has 4 rings (SSSR count). The molecule has 2 aromatic carbocycles. The summed E-state index contributed by atoms with van der Waals surface area (Å²) in [6, 6.07) is 16.1. The van der Waals surface area contributed by atoms with Crippen molar-refractivity contribution in [1.29, 1.82) is 0 Å². The van der Waals surface area contributed by atoms with Crippen LogP contribution in [0, 0.1) is 19.8 Å². The minimum Gasteiger partial charge on any atom is -0.273 e. The highest BCUT2D eigenvalue weighted by atomic mass is 16.2. The number of aryl methyl sites for hydroxylation is 2. The summed E-state index contributed by atoms with van der Waals surface area (Å²) in [7, 11) is 0. The Morgan fingerprint density at radius 2 is 1.59 bits per heavy atom. The zero-order valence-electron chi connectivity index (χ0n) is 16.6. The summed E-state index contributed by atoms with van der Waals surface area (Å²) in [5.41, 5.74) is 10.4. The van der Waals surface area contributed by atoms with Gasteiger partial charge in [0.2, 0.25) is 5.91 Å². The molecule has 1 aliphatic rings. The van der Waals surface area contributed by atoms with Crippen LogP contribution in [0.5, 0.6) is 0 Å². The lowest BCUT2D eigenvalue weighted by molar-refractivity contribution is -0.123. The number of amides is 2. The lowest BCUT2D eigenvalue weighted by Gasteiger charge is -2.07. The number of nitrogens with zero attached hydrogens (tertiary/aromatic N) is 2. The van der Waals surface area contributed by atoms with Gasteiger partial charge in [-0.25, -0.2) is 0 Å². The zero-order valence-corrected chi connectivity index (χ0v) is 16.6. The fourth-order valence-corrected chi connectivity index (χ4v) is 3.11. The number of carbonyl (C=O) groups excluding carboxylic acids is 2. The molecule has 0 spiro atoms. The average Bonchev–Trinajstić information content (AvgIpc) is 3.49. The monoisotopic (exact) mass is 388 g/mol. The van der Waals surface area contributed by atoms with Crippen LogP contribution in [0.15, 0.2) is 54.7 Å². The van der Waals surface area contributed by atoms with Crippen LogP contribution in [0.25, 0.3) is 11.3 Å². The van der Waals surface area contributed by atoms with Crippen molar-refractivity contribution in [1.82, 2.24) is 20.6 Å². The van der Waals surface area contributed by atoms with Gasteiger partial charge in [-0.3, -0.25) is 25.1 Å². The van der Waals surface area contributed by atoms with Crippen molar-refractivity contribution in [3.8, 4) is 11.3 Å². The van der Waals surface area contributed by atoms with E-state index >= 15 is 0 Å². The van der Waals surface area contributed by atoms with Crippen LogP contribution >= 0.6 is 0 Å². The maximum Gasteiger partial charge on any atom is 0.273 e. The molecule has 1 heterocycles. The van der Waals surface area contributed by atoms with Crippen LogP contribution in [0.4, 0.5) is 0 Å². The van der Waals surface area contributed by atoms with E-state index in [0.29, 0.717) is 17.8 Å². The van der Waals surface area contributed by atoms with Crippen molar-refractivity contribution in [2.75, 3.05) is 0 Å². The molecule has 0 bridgehead atoms. The van der Waals surface area contributed by atoms with E-state index in [1.165, 1.54) is 5.56 Å². The van der Waals surface area contributed by atoms with Gasteiger partial charge in [-0.15, -0.1) is 0 Å². The molecule has 0 aliphatic heterocycles. The molecule has 1 aromatic heterocycles. The predicted octanol–water partition coefficient (Wildman–Crippen LogP) is 3.39. The highest BCUT2D eigenvalue weighted by Crippen LogP contribution is 2.28.